The Hall–Kier alpha value is -1.59. The average molecular weight is 262 g/mol. The first kappa shape index (κ1) is 13.8. The number of hydrogen-bond donors (Lipinski definition) is 1. The molecule has 0 saturated carbocycles. The zero-order valence-electron chi connectivity index (χ0n) is 11.7. The first-order valence-electron chi connectivity index (χ1n) is 6.67. The molecule has 0 amide bonds. The molecule has 2 heterocycles. The molecule has 2 rings (SSSR count). The second-order valence-corrected chi connectivity index (χ2v) is 4.49. The quantitative estimate of drug-likeness (QED) is 0.733. The molecule has 5 nitrogen and oxygen atoms in total. The molecule has 0 aliphatic carbocycles. The van der Waals surface area contributed by atoms with E-state index in [1.54, 1.807) is 7.11 Å². The van der Waals surface area contributed by atoms with Crippen molar-refractivity contribution in [1.82, 2.24) is 19.4 Å². The second kappa shape index (κ2) is 7.11. The minimum absolute atomic E-state index is 0.745. The van der Waals surface area contributed by atoms with E-state index in [-0.39, 0.29) is 0 Å². The molecule has 0 aromatic carbocycles. The van der Waals surface area contributed by atoms with Crippen molar-refractivity contribution in [3.63, 3.8) is 0 Å². The van der Waals surface area contributed by atoms with Crippen LogP contribution < -0.4 is 5.32 Å². The van der Waals surface area contributed by atoms with Crippen LogP contribution in [0.1, 0.15) is 18.3 Å². The fourth-order valence-electron chi connectivity index (χ4n) is 2.04. The Balaban J connectivity index is 1.87. The van der Waals surface area contributed by atoms with Gasteiger partial charge >= 0.3 is 0 Å². The van der Waals surface area contributed by atoms with Gasteiger partial charge in [-0.05, 0) is 18.6 Å². The van der Waals surface area contributed by atoms with E-state index in [1.807, 2.05) is 12.4 Å². The summed E-state index contributed by atoms with van der Waals surface area (Å²) in [6, 6.07) is 2.14. The van der Waals surface area contributed by atoms with Gasteiger partial charge in [0.15, 0.2) is 0 Å². The standard InChI is InChI=1S/C14H22N4O/c1-3-18-8-5-16-14(18)12-17-7-4-13(11-17)10-15-6-9-19-2/h4-5,7-8,11,15H,3,6,9-10,12H2,1-2H3. The van der Waals surface area contributed by atoms with Gasteiger partial charge in [0, 0.05) is 51.5 Å². The summed E-state index contributed by atoms with van der Waals surface area (Å²) in [5, 5.41) is 3.34. The molecule has 1 N–H and O–H groups in total. The number of rotatable bonds is 8. The zero-order valence-corrected chi connectivity index (χ0v) is 11.7. The summed E-state index contributed by atoms with van der Waals surface area (Å²) < 4.78 is 9.33. The van der Waals surface area contributed by atoms with Gasteiger partial charge in [0.05, 0.1) is 13.2 Å². The molecule has 0 aliphatic rings. The third kappa shape index (κ3) is 3.94. The lowest BCUT2D eigenvalue weighted by molar-refractivity contribution is 0.199. The van der Waals surface area contributed by atoms with Crippen molar-refractivity contribution in [3.05, 3.63) is 42.2 Å². The lowest BCUT2D eigenvalue weighted by atomic mass is 10.3. The van der Waals surface area contributed by atoms with Crippen LogP contribution in [0.3, 0.4) is 0 Å². The summed E-state index contributed by atoms with van der Waals surface area (Å²) in [7, 11) is 1.72. The predicted octanol–water partition coefficient (Wildman–Crippen LogP) is 1.49. The van der Waals surface area contributed by atoms with E-state index in [2.05, 4.69) is 44.8 Å². The molecule has 2 aromatic rings. The van der Waals surface area contributed by atoms with Gasteiger partial charge in [0.25, 0.3) is 0 Å². The minimum atomic E-state index is 0.745. The highest BCUT2D eigenvalue weighted by Gasteiger charge is 2.03. The van der Waals surface area contributed by atoms with E-state index in [4.69, 9.17) is 4.74 Å². The second-order valence-electron chi connectivity index (χ2n) is 4.49. The van der Waals surface area contributed by atoms with E-state index in [9.17, 15) is 0 Å². The van der Waals surface area contributed by atoms with Gasteiger partial charge in [-0.15, -0.1) is 0 Å². The number of hydrogen-bond acceptors (Lipinski definition) is 3. The average Bonchev–Trinajstić information content (AvgIpc) is 3.04. The van der Waals surface area contributed by atoms with Gasteiger partial charge in [-0.3, -0.25) is 0 Å². The van der Waals surface area contributed by atoms with Gasteiger partial charge < -0.3 is 19.2 Å². The molecule has 5 heteroatoms. The smallest absolute Gasteiger partial charge is 0.128 e. The van der Waals surface area contributed by atoms with Gasteiger partial charge in [-0.1, -0.05) is 0 Å². The maximum absolute atomic E-state index is 5.00. The lowest BCUT2D eigenvalue weighted by Gasteiger charge is -2.05. The van der Waals surface area contributed by atoms with Crippen molar-refractivity contribution in [3.8, 4) is 0 Å². The summed E-state index contributed by atoms with van der Waals surface area (Å²) >= 11 is 0. The van der Waals surface area contributed by atoms with E-state index in [0.29, 0.717) is 0 Å². The van der Waals surface area contributed by atoms with Crippen LogP contribution in [0.4, 0.5) is 0 Å². The molecule has 104 valence electrons. The van der Waals surface area contributed by atoms with Crippen LogP contribution in [0.5, 0.6) is 0 Å². The molecule has 0 aliphatic heterocycles. The van der Waals surface area contributed by atoms with E-state index in [1.165, 1.54) is 5.56 Å². The largest absolute Gasteiger partial charge is 0.383 e. The molecule has 0 bridgehead atoms. The highest BCUT2D eigenvalue weighted by atomic mass is 16.5. The molecule has 2 aromatic heterocycles. The van der Waals surface area contributed by atoms with Crippen LogP contribution in [0, 0.1) is 0 Å². The molecular formula is C14H22N4O. The molecule has 0 spiro atoms. The normalized spacial score (nSPS) is 11.1. The highest BCUT2D eigenvalue weighted by molar-refractivity contribution is 5.11. The molecular weight excluding hydrogens is 240 g/mol. The first-order chi connectivity index (χ1) is 9.33. The fraction of sp³-hybridized carbons (Fsp3) is 0.500. The Labute approximate surface area is 114 Å². The number of aryl methyl sites for hydroxylation is 1. The summed E-state index contributed by atoms with van der Waals surface area (Å²) in [5.74, 6) is 1.09. The Morgan fingerprint density at radius 2 is 2.26 bits per heavy atom. The molecule has 19 heavy (non-hydrogen) atoms. The van der Waals surface area contributed by atoms with Crippen molar-refractivity contribution in [1.29, 1.82) is 0 Å². The third-order valence-electron chi connectivity index (χ3n) is 3.09. The molecule has 0 saturated heterocycles. The highest BCUT2D eigenvalue weighted by Crippen LogP contribution is 2.05. The SMILES string of the molecule is CCn1ccnc1Cn1ccc(CNCCOC)c1. The van der Waals surface area contributed by atoms with Gasteiger partial charge in [0.1, 0.15) is 5.82 Å². The Kier molecular flexibility index (Phi) is 5.18. The van der Waals surface area contributed by atoms with Crippen molar-refractivity contribution in [2.45, 2.75) is 26.6 Å². The van der Waals surface area contributed by atoms with Crippen molar-refractivity contribution in [2.24, 2.45) is 0 Å². The fourth-order valence-corrected chi connectivity index (χ4v) is 2.04. The number of imidazole rings is 1. The molecule has 0 fully saturated rings. The number of methoxy groups -OCH3 is 1. The zero-order chi connectivity index (χ0) is 13.5. The van der Waals surface area contributed by atoms with Crippen LogP contribution in [-0.4, -0.2) is 34.4 Å². The van der Waals surface area contributed by atoms with Crippen molar-refractivity contribution >= 4 is 0 Å². The van der Waals surface area contributed by atoms with Crippen LogP contribution >= 0.6 is 0 Å². The third-order valence-corrected chi connectivity index (χ3v) is 3.09. The number of nitrogens with one attached hydrogen (secondary N) is 1. The minimum Gasteiger partial charge on any atom is -0.383 e. The van der Waals surface area contributed by atoms with E-state index in [0.717, 1.165) is 38.6 Å². The number of ether oxygens (including phenoxy) is 1. The lowest BCUT2D eigenvalue weighted by Crippen LogP contribution is -2.18. The van der Waals surface area contributed by atoms with E-state index < -0.39 is 0 Å². The maximum atomic E-state index is 5.00. The predicted molar refractivity (Wildman–Crippen MR) is 75.0 cm³/mol. The summed E-state index contributed by atoms with van der Waals surface area (Å²) in [5.41, 5.74) is 1.28. The van der Waals surface area contributed by atoms with Crippen LogP contribution in [0.2, 0.25) is 0 Å². The monoisotopic (exact) mass is 262 g/mol. The summed E-state index contributed by atoms with van der Waals surface area (Å²) in [6.45, 7) is 6.40. The van der Waals surface area contributed by atoms with Gasteiger partial charge in [-0.2, -0.15) is 0 Å². The molecule has 0 radical (unpaired) electrons. The van der Waals surface area contributed by atoms with Crippen LogP contribution in [-0.2, 0) is 24.4 Å². The molecule has 0 unspecified atom stereocenters. The Morgan fingerprint density at radius 3 is 3.05 bits per heavy atom. The Bertz CT molecular complexity index is 489. The maximum Gasteiger partial charge on any atom is 0.128 e. The van der Waals surface area contributed by atoms with Gasteiger partial charge in [0.2, 0.25) is 0 Å². The van der Waals surface area contributed by atoms with Crippen LogP contribution in [0.15, 0.2) is 30.9 Å². The summed E-state index contributed by atoms with van der Waals surface area (Å²) in [4.78, 5) is 4.39. The van der Waals surface area contributed by atoms with Crippen molar-refractivity contribution < 1.29 is 4.74 Å². The first-order valence-corrected chi connectivity index (χ1v) is 6.67. The van der Waals surface area contributed by atoms with Crippen molar-refractivity contribution in [2.75, 3.05) is 20.3 Å². The topological polar surface area (TPSA) is 44.0 Å². The van der Waals surface area contributed by atoms with E-state index >= 15 is 0 Å². The van der Waals surface area contributed by atoms with Crippen LogP contribution in [0.25, 0.3) is 0 Å². The molecule has 0 atom stereocenters. The Morgan fingerprint density at radius 1 is 1.37 bits per heavy atom. The summed E-state index contributed by atoms with van der Waals surface area (Å²) in [6.07, 6.45) is 8.14. The number of nitrogens with zero attached hydrogens (tertiary/aromatic N) is 3. The van der Waals surface area contributed by atoms with Gasteiger partial charge in [-0.25, -0.2) is 4.98 Å². The number of aromatic nitrogens is 3.